The van der Waals surface area contributed by atoms with E-state index in [1.54, 1.807) is 21.9 Å². The number of allylic oxidation sites excluding steroid dienone is 1. The van der Waals surface area contributed by atoms with Crippen LogP contribution in [0.5, 0.6) is 0 Å². The summed E-state index contributed by atoms with van der Waals surface area (Å²) in [5, 5.41) is 14.1. The molecule has 0 spiro atoms. The molecule has 0 saturated carbocycles. The molecule has 0 unspecified atom stereocenters. The van der Waals surface area contributed by atoms with Gasteiger partial charge in [-0.1, -0.05) is 72.4 Å². The Morgan fingerprint density at radius 3 is 2.29 bits per heavy atom. The maximum Gasteiger partial charge on any atom is 0.323 e. The van der Waals surface area contributed by atoms with Crippen molar-refractivity contribution in [3.63, 3.8) is 0 Å². The summed E-state index contributed by atoms with van der Waals surface area (Å²) in [5.74, 6) is -1.34. The van der Waals surface area contributed by atoms with E-state index in [0.29, 0.717) is 32.9 Å². The first-order valence-corrected chi connectivity index (χ1v) is 15.1. The third-order valence-electron chi connectivity index (χ3n) is 6.67. The molecule has 8 nitrogen and oxygen atoms in total. The summed E-state index contributed by atoms with van der Waals surface area (Å²) >= 11 is 2.62. The van der Waals surface area contributed by atoms with Gasteiger partial charge in [0.2, 0.25) is 0 Å². The van der Waals surface area contributed by atoms with Crippen LogP contribution < -0.4 is 5.32 Å². The van der Waals surface area contributed by atoms with Gasteiger partial charge in [-0.05, 0) is 61.9 Å². The summed E-state index contributed by atoms with van der Waals surface area (Å²) in [5.41, 5.74) is 4.38. The molecular weight excluding hydrogens is 569 g/mol. The van der Waals surface area contributed by atoms with Gasteiger partial charge >= 0.3 is 5.97 Å². The van der Waals surface area contributed by atoms with Gasteiger partial charge in [0, 0.05) is 17.0 Å². The minimum absolute atomic E-state index is 0.0831. The molecule has 3 aromatic carbocycles. The van der Waals surface area contributed by atoms with Crippen LogP contribution in [0.2, 0.25) is 0 Å². The normalized spacial score (nSPS) is 17.9. The molecule has 2 aliphatic heterocycles. The Bertz CT molecular complexity index is 1630. The van der Waals surface area contributed by atoms with Crippen LogP contribution in [0.25, 0.3) is 5.70 Å². The molecule has 0 aromatic heterocycles. The average Bonchev–Trinajstić information content (AvgIpc) is 3.45. The lowest BCUT2D eigenvalue weighted by Gasteiger charge is -2.22. The second kappa shape index (κ2) is 12.7. The number of anilines is 1. The number of amidine groups is 1. The number of thioether (sulfide) groups is 2. The van der Waals surface area contributed by atoms with Gasteiger partial charge in [0.25, 0.3) is 5.91 Å². The molecule has 0 radical (unpaired) electrons. The molecule has 5 rings (SSSR count). The van der Waals surface area contributed by atoms with Crippen molar-refractivity contribution in [2.45, 2.75) is 27.3 Å². The van der Waals surface area contributed by atoms with E-state index in [2.05, 4.69) is 5.32 Å². The fourth-order valence-electron chi connectivity index (χ4n) is 4.76. The highest BCUT2D eigenvalue weighted by Crippen LogP contribution is 2.50. The Morgan fingerprint density at radius 2 is 1.64 bits per heavy atom. The smallest absolute Gasteiger partial charge is 0.323 e. The zero-order valence-electron chi connectivity index (χ0n) is 23.5. The lowest BCUT2D eigenvalue weighted by molar-refractivity contribution is -0.137. The van der Waals surface area contributed by atoms with E-state index in [-0.39, 0.29) is 24.8 Å². The van der Waals surface area contributed by atoms with Crippen molar-refractivity contribution in [2.24, 2.45) is 4.99 Å². The van der Waals surface area contributed by atoms with Gasteiger partial charge in [-0.2, -0.15) is 0 Å². The van der Waals surface area contributed by atoms with Crippen LogP contribution in [0.3, 0.4) is 0 Å². The fourth-order valence-corrected chi connectivity index (χ4v) is 7.05. The first kappa shape index (κ1) is 29.2. The van der Waals surface area contributed by atoms with Crippen LogP contribution in [0, 0.1) is 0 Å². The fraction of sp³-hybridized carbons (Fsp3) is 0.188. The molecule has 0 atom stereocenters. The Balaban J connectivity index is 1.63. The van der Waals surface area contributed by atoms with Crippen molar-refractivity contribution in [3.8, 4) is 0 Å². The molecule has 1 saturated heterocycles. The highest BCUT2D eigenvalue weighted by Gasteiger charge is 2.41. The summed E-state index contributed by atoms with van der Waals surface area (Å²) in [6, 6.07) is 24.5. The van der Waals surface area contributed by atoms with Crippen molar-refractivity contribution in [3.05, 3.63) is 110 Å². The number of carbonyl (C=O) groups is 3. The summed E-state index contributed by atoms with van der Waals surface area (Å²) in [6.45, 7) is 6.06. The number of nitrogens with zero attached hydrogens (tertiary/aromatic N) is 3. The SMILES string of the molecule is CCNc1ccc(C(C)=O)cc1N=C1SC(=C2SC(C)=C(c3ccccc3)N2CC(=O)O)C(=O)N1Cc1ccccc1. The highest BCUT2D eigenvalue weighted by atomic mass is 32.2. The number of hydrogen-bond donors (Lipinski definition) is 2. The molecule has 10 heteroatoms. The number of ketones is 1. The van der Waals surface area contributed by atoms with Crippen molar-refractivity contribution < 1.29 is 19.5 Å². The van der Waals surface area contributed by atoms with Crippen LogP contribution in [0.4, 0.5) is 11.4 Å². The highest BCUT2D eigenvalue weighted by molar-refractivity contribution is 8.19. The number of aliphatic carboxylic acids is 1. The molecule has 42 heavy (non-hydrogen) atoms. The maximum atomic E-state index is 14.2. The van der Waals surface area contributed by atoms with Crippen molar-refractivity contribution >= 4 is 63.4 Å². The summed E-state index contributed by atoms with van der Waals surface area (Å²) in [4.78, 5) is 47.9. The summed E-state index contributed by atoms with van der Waals surface area (Å²) in [6.07, 6.45) is 0. The van der Waals surface area contributed by atoms with Crippen LogP contribution in [-0.2, 0) is 16.1 Å². The van der Waals surface area contributed by atoms with Gasteiger partial charge in [-0.3, -0.25) is 19.3 Å². The molecule has 0 aliphatic carbocycles. The first-order chi connectivity index (χ1) is 20.3. The molecule has 1 amide bonds. The minimum Gasteiger partial charge on any atom is -0.480 e. The van der Waals surface area contributed by atoms with Gasteiger partial charge in [0.1, 0.15) is 16.5 Å². The predicted octanol–water partition coefficient (Wildman–Crippen LogP) is 6.78. The number of aliphatic imine (C=N–C) groups is 1. The van der Waals surface area contributed by atoms with Crippen LogP contribution in [-0.4, -0.2) is 50.8 Å². The van der Waals surface area contributed by atoms with E-state index in [4.69, 9.17) is 4.99 Å². The van der Waals surface area contributed by atoms with Gasteiger partial charge in [-0.15, -0.1) is 0 Å². The number of hydrogen-bond acceptors (Lipinski definition) is 8. The second-order valence-corrected chi connectivity index (χ2v) is 11.9. The number of carboxylic acids is 1. The Morgan fingerprint density at radius 1 is 0.952 bits per heavy atom. The van der Waals surface area contributed by atoms with Crippen LogP contribution >= 0.6 is 23.5 Å². The van der Waals surface area contributed by atoms with Crippen molar-refractivity contribution in [1.82, 2.24) is 9.80 Å². The van der Waals surface area contributed by atoms with E-state index < -0.39 is 5.97 Å². The summed E-state index contributed by atoms with van der Waals surface area (Å²) in [7, 11) is 0. The van der Waals surface area contributed by atoms with Gasteiger partial charge in [-0.25, -0.2) is 4.99 Å². The first-order valence-electron chi connectivity index (χ1n) is 13.5. The van der Waals surface area contributed by atoms with E-state index in [1.165, 1.54) is 30.4 Å². The Labute approximate surface area is 253 Å². The lowest BCUT2D eigenvalue weighted by Crippen LogP contribution is -2.30. The molecule has 2 heterocycles. The number of carbonyl (C=O) groups excluding carboxylic acids is 2. The number of rotatable bonds is 9. The lowest BCUT2D eigenvalue weighted by atomic mass is 10.1. The second-order valence-electron chi connectivity index (χ2n) is 9.68. The maximum absolute atomic E-state index is 14.2. The molecule has 2 N–H and O–H groups in total. The van der Waals surface area contributed by atoms with Crippen molar-refractivity contribution in [2.75, 3.05) is 18.4 Å². The van der Waals surface area contributed by atoms with E-state index >= 15 is 0 Å². The zero-order chi connectivity index (χ0) is 29.8. The summed E-state index contributed by atoms with van der Waals surface area (Å²) < 4.78 is 0. The average molecular weight is 599 g/mol. The standard InChI is InChI=1S/C32H30N4O4S2/c1-4-33-25-16-15-24(20(2)37)17-26(25)34-32-36(18-22-11-7-5-8-12-22)30(40)29(42-32)31-35(19-27(38)39)28(21(3)41-31)23-13-9-6-10-14-23/h5-17,33H,4,18-19H2,1-3H3,(H,38,39). The number of carboxylic acid groups (broad SMARTS) is 1. The largest absolute Gasteiger partial charge is 0.480 e. The third kappa shape index (κ3) is 6.14. The minimum atomic E-state index is -1.00. The van der Waals surface area contributed by atoms with Gasteiger partial charge in [0.15, 0.2) is 11.0 Å². The molecule has 3 aromatic rings. The van der Waals surface area contributed by atoms with Gasteiger partial charge < -0.3 is 15.3 Å². The monoisotopic (exact) mass is 598 g/mol. The van der Waals surface area contributed by atoms with Crippen molar-refractivity contribution in [1.29, 1.82) is 0 Å². The van der Waals surface area contributed by atoms with E-state index in [1.807, 2.05) is 80.6 Å². The quantitative estimate of drug-likeness (QED) is 0.205. The number of amides is 1. The number of Topliss-reactive ketones (excluding diaryl/α,β-unsaturated/α-hetero) is 1. The number of benzene rings is 3. The topological polar surface area (TPSA) is 102 Å². The molecule has 214 valence electrons. The predicted molar refractivity (Wildman–Crippen MR) is 170 cm³/mol. The van der Waals surface area contributed by atoms with Crippen LogP contribution in [0.1, 0.15) is 42.3 Å². The molecule has 1 fully saturated rings. The van der Waals surface area contributed by atoms with E-state index in [0.717, 1.165) is 27.4 Å². The molecular formula is C32H30N4O4S2. The van der Waals surface area contributed by atoms with Crippen LogP contribution in [0.15, 0.2) is 98.7 Å². The third-order valence-corrected chi connectivity index (χ3v) is 8.98. The molecule has 0 bridgehead atoms. The van der Waals surface area contributed by atoms with Gasteiger partial charge in [0.05, 0.1) is 23.6 Å². The Hall–Kier alpha value is -4.28. The zero-order valence-corrected chi connectivity index (χ0v) is 25.1. The Kier molecular flexibility index (Phi) is 8.84. The number of nitrogens with one attached hydrogen (secondary N) is 1. The van der Waals surface area contributed by atoms with E-state index in [9.17, 15) is 19.5 Å². The molecule has 2 aliphatic rings.